The van der Waals surface area contributed by atoms with Crippen molar-refractivity contribution in [2.75, 3.05) is 11.9 Å². The molecule has 0 aliphatic carbocycles. The molecule has 2 rings (SSSR count). The van der Waals surface area contributed by atoms with Gasteiger partial charge in [-0.25, -0.2) is 9.97 Å². The van der Waals surface area contributed by atoms with E-state index in [9.17, 15) is 0 Å². The van der Waals surface area contributed by atoms with Crippen LogP contribution in [0.4, 0.5) is 5.82 Å². The Morgan fingerprint density at radius 2 is 1.90 bits per heavy atom. The van der Waals surface area contributed by atoms with Gasteiger partial charge in [-0.15, -0.1) is 0 Å². The van der Waals surface area contributed by atoms with Crippen molar-refractivity contribution in [3.8, 4) is 0 Å². The SMILES string of the molecule is CC(C)c1cc(N(C)Cc2cccc(CN)c2)ncn1. The van der Waals surface area contributed by atoms with Gasteiger partial charge in [-0.05, 0) is 17.0 Å². The van der Waals surface area contributed by atoms with Gasteiger partial charge < -0.3 is 10.6 Å². The number of nitrogens with zero attached hydrogens (tertiary/aromatic N) is 3. The summed E-state index contributed by atoms with van der Waals surface area (Å²) in [6, 6.07) is 10.4. The van der Waals surface area contributed by atoms with Crippen molar-refractivity contribution in [2.45, 2.75) is 32.9 Å². The molecule has 0 spiro atoms. The van der Waals surface area contributed by atoms with Crippen LogP contribution in [0, 0.1) is 0 Å². The summed E-state index contributed by atoms with van der Waals surface area (Å²) in [6.45, 7) is 5.65. The minimum absolute atomic E-state index is 0.408. The molecule has 2 aromatic rings. The van der Waals surface area contributed by atoms with Crippen molar-refractivity contribution < 1.29 is 0 Å². The fourth-order valence-corrected chi connectivity index (χ4v) is 2.10. The van der Waals surface area contributed by atoms with Gasteiger partial charge in [0.25, 0.3) is 0 Å². The Balaban J connectivity index is 2.14. The van der Waals surface area contributed by atoms with Crippen LogP contribution in [-0.2, 0) is 13.1 Å². The van der Waals surface area contributed by atoms with E-state index >= 15 is 0 Å². The van der Waals surface area contributed by atoms with Gasteiger partial charge in [0.15, 0.2) is 0 Å². The van der Waals surface area contributed by atoms with Gasteiger partial charge >= 0.3 is 0 Å². The van der Waals surface area contributed by atoms with E-state index < -0.39 is 0 Å². The average molecular weight is 270 g/mol. The number of benzene rings is 1. The van der Waals surface area contributed by atoms with Crippen molar-refractivity contribution >= 4 is 5.82 Å². The summed E-state index contributed by atoms with van der Waals surface area (Å²) >= 11 is 0. The lowest BCUT2D eigenvalue weighted by atomic mass is 10.1. The zero-order valence-corrected chi connectivity index (χ0v) is 12.4. The maximum absolute atomic E-state index is 5.68. The summed E-state index contributed by atoms with van der Waals surface area (Å²) in [5, 5.41) is 0. The Hall–Kier alpha value is -1.94. The zero-order valence-electron chi connectivity index (χ0n) is 12.4. The number of aromatic nitrogens is 2. The Bertz CT molecular complexity index is 566. The van der Waals surface area contributed by atoms with E-state index in [2.05, 4.69) is 46.9 Å². The van der Waals surface area contributed by atoms with Crippen LogP contribution in [-0.4, -0.2) is 17.0 Å². The average Bonchev–Trinajstić information content (AvgIpc) is 2.47. The van der Waals surface area contributed by atoms with E-state index in [1.807, 2.05) is 19.2 Å². The van der Waals surface area contributed by atoms with Crippen LogP contribution < -0.4 is 10.6 Å². The first-order valence-electron chi connectivity index (χ1n) is 6.91. The number of nitrogens with two attached hydrogens (primary N) is 1. The molecular formula is C16H22N4. The normalized spacial score (nSPS) is 10.8. The summed E-state index contributed by atoms with van der Waals surface area (Å²) in [6.07, 6.45) is 1.64. The third kappa shape index (κ3) is 3.54. The third-order valence-corrected chi connectivity index (χ3v) is 3.30. The quantitative estimate of drug-likeness (QED) is 0.907. The van der Waals surface area contributed by atoms with Crippen LogP contribution in [0.3, 0.4) is 0 Å². The van der Waals surface area contributed by atoms with Crippen molar-refractivity contribution in [3.63, 3.8) is 0 Å². The number of anilines is 1. The second-order valence-corrected chi connectivity index (χ2v) is 5.34. The molecule has 0 saturated carbocycles. The molecular weight excluding hydrogens is 248 g/mol. The van der Waals surface area contributed by atoms with E-state index in [0.29, 0.717) is 12.5 Å². The molecule has 0 radical (unpaired) electrons. The van der Waals surface area contributed by atoms with Gasteiger partial charge in [-0.1, -0.05) is 38.1 Å². The zero-order chi connectivity index (χ0) is 14.5. The molecule has 106 valence electrons. The second-order valence-electron chi connectivity index (χ2n) is 5.34. The number of hydrogen-bond donors (Lipinski definition) is 1. The fourth-order valence-electron chi connectivity index (χ4n) is 2.10. The summed E-state index contributed by atoms with van der Waals surface area (Å²) in [7, 11) is 2.04. The highest BCUT2D eigenvalue weighted by molar-refractivity contribution is 5.40. The smallest absolute Gasteiger partial charge is 0.132 e. The first-order valence-corrected chi connectivity index (χ1v) is 6.91. The highest BCUT2D eigenvalue weighted by Crippen LogP contribution is 2.18. The van der Waals surface area contributed by atoms with Crippen LogP contribution in [0.25, 0.3) is 0 Å². The monoisotopic (exact) mass is 270 g/mol. The van der Waals surface area contributed by atoms with Crippen molar-refractivity contribution in [3.05, 3.63) is 53.5 Å². The van der Waals surface area contributed by atoms with E-state index in [4.69, 9.17) is 5.73 Å². The summed E-state index contributed by atoms with van der Waals surface area (Å²) in [5.41, 5.74) is 9.14. The molecule has 1 aromatic carbocycles. The van der Waals surface area contributed by atoms with Crippen LogP contribution in [0.1, 0.15) is 36.6 Å². The van der Waals surface area contributed by atoms with E-state index in [0.717, 1.165) is 23.6 Å². The molecule has 1 aromatic heterocycles. The van der Waals surface area contributed by atoms with Crippen LogP contribution in [0.2, 0.25) is 0 Å². The van der Waals surface area contributed by atoms with Gasteiger partial charge in [0.05, 0.1) is 0 Å². The highest BCUT2D eigenvalue weighted by atomic mass is 15.2. The predicted octanol–water partition coefficient (Wildman–Crippen LogP) is 2.70. The first kappa shape index (κ1) is 14.5. The van der Waals surface area contributed by atoms with Gasteiger partial charge in [0.1, 0.15) is 12.1 Å². The second kappa shape index (κ2) is 6.48. The van der Waals surface area contributed by atoms with Gasteiger partial charge in [0.2, 0.25) is 0 Å². The largest absolute Gasteiger partial charge is 0.355 e. The maximum atomic E-state index is 5.68. The van der Waals surface area contributed by atoms with Crippen molar-refractivity contribution in [2.24, 2.45) is 5.73 Å². The van der Waals surface area contributed by atoms with E-state index in [1.54, 1.807) is 6.33 Å². The maximum Gasteiger partial charge on any atom is 0.132 e. The third-order valence-electron chi connectivity index (χ3n) is 3.30. The first-order chi connectivity index (χ1) is 9.60. The highest BCUT2D eigenvalue weighted by Gasteiger charge is 2.07. The molecule has 4 nitrogen and oxygen atoms in total. The number of hydrogen-bond acceptors (Lipinski definition) is 4. The van der Waals surface area contributed by atoms with Gasteiger partial charge in [-0.3, -0.25) is 0 Å². The fraction of sp³-hybridized carbons (Fsp3) is 0.375. The molecule has 0 unspecified atom stereocenters. The molecule has 0 bridgehead atoms. The van der Waals surface area contributed by atoms with Crippen LogP contribution >= 0.6 is 0 Å². The molecule has 0 amide bonds. The number of rotatable bonds is 5. The van der Waals surface area contributed by atoms with Crippen LogP contribution in [0.5, 0.6) is 0 Å². The molecule has 0 aliphatic heterocycles. The lowest BCUT2D eigenvalue weighted by Gasteiger charge is -2.19. The Labute approximate surface area is 120 Å². The lowest BCUT2D eigenvalue weighted by molar-refractivity contribution is 0.802. The topological polar surface area (TPSA) is 55.0 Å². The minimum Gasteiger partial charge on any atom is -0.355 e. The molecule has 2 N–H and O–H groups in total. The Morgan fingerprint density at radius 1 is 1.15 bits per heavy atom. The summed E-state index contributed by atoms with van der Waals surface area (Å²) in [5.74, 6) is 1.35. The standard InChI is InChI=1S/C16H22N4/c1-12(2)15-8-16(19-11-18-15)20(3)10-14-6-4-5-13(7-14)9-17/h4-8,11-12H,9-10,17H2,1-3H3. The summed E-state index contributed by atoms with van der Waals surface area (Å²) in [4.78, 5) is 10.8. The van der Waals surface area contributed by atoms with E-state index in [1.165, 1.54) is 5.56 Å². The summed E-state index contributed by atoms with van der Waals surface area (Å²) < 4.78 is 0. The lowest BCUT2D eigenvalue weighted by Crippen LogP contribution is -2.18. The molecule has 0 atom stereocenters. The van der Waals surface area contributed by atoms with Crippen LogP contribution in [0.15, 0.2) is 36.7 Å². The molecule has 0 saturated heterocycles. The molecule has 0 aliphatic rings. The molecule has 1 heterocycles. The van der Waals surface area contributed by atoms with Gasteiger partial charge in [0, 0.05) is 31.9 Å². The molecule has 20 heavy (non-hydrogen) atoms. The Kier molecular flexibility index (Phi) is 4.69. The van der Waals surface area contributed by atoms with Crippen molar-refractivity contribution in [1.82, 2.24) is 9.97 Å². The molecule has 0 fully saturated rings. The molecule has 4 heteroatoms. The predicted molar refractivity (Wildman–Crippen MR) is 82.6 cm³/mol. The Morgan fingerprint density at radius 3 is 2.60 bits per heavy atom. The van der Waals surface area contributed by atoms with E-state index in [-0.39, 0.29) is 0 Å². The van der Waals surface area contributed by atoms with Crippen molar-refractivity contribution in [1.29, 1.82) is 0 Å². The van der Waals surface area contributed by atoms with Gasteiger partial charge in [-0.2, -0.15) is 0 Å². The minimum atomic E-state index is 0.408.